The fraction of sp³-hybridized carbons (Fsp3) is 0.200. The molecule has 0 spiro atoms. The summed E-state index contributed by atoms with van der Waals surface area (Å²) in [6.07, 6.45) is 0.683. The molecule has 1 amide bonds. The number of halogens is 1. The van der Waals surface area contributed by atoms with Crippen molar-refractivity contribution in [3.63, 3.8) is 0 Å². The van der Waals surface area contributed by atoms with E-state index in [1.165, 1.54) is 4.57 Å². The van der Waals surface area contributed by atoms with Crippen LogP contribution in [0, 0.1) is 0 Å². The summed E-state index contributed by atoms with van der Waals surface area (Å²) in [6.45, 7) is 0.663. The van der Waals surface area contributed by atoms with Gasteiger partial charge in [0.05, 0.1) is 5.75 Å². The van der Waals surface area contributed by atoms with Crippen LogP contribution in [0.5, 0.6) is 0 Å². The van der Waals surface area contributed by atoms with E-state index in [1.807, 2.05) is 30.3 Å². The lowest BCUT2D eigenvalue weighted by molar-refractivity contribution is 0.0945. The van der Waals surface area contributed by atoms with Crippen molar-refractivity contribution in [2.75, 3.05) is 12.3 Å². The summed E-state index contributed by atoms with van der Waals surface area (Å²) in [5.41, 5.74) is 2.38. The average molecular weight is 416 g/mol. The number of nitrogens with zero attached hydrogens (tertiary/aromatic N) is 2. The van der Waals surface area contributed by atoms with E-state index in [1.54, 1.807) is 24.3 Å². The van der Waals surface area contributed by atoms with E-state index < -0.39 is 9.84 Å². The Balaban J connectivity index is 1.65. The Morgan fingerprint density at radius 3 is 2.54 bits per heavy atom. The number of hydrogen-bond donors (Lipinski definition) is 1. The number of hydrogen-bond acceptors (Lipinski definition) is 4. The molecule has 2 aromatic carbocycles. The van der Waals surface area contributed by atoms with Crippen LogP contribution in [0.1, 0.15) is 16.1 Å². The van der Waals surface area contributed by atoms with Crippen molar-refractivity contribution in [1.82, 2.24) is 14.9 Å². The van der Waals surface area contributed by atoms with Crippen molar-refractivity contribution in [3.8, 4) is 11.3 Å². The highest BCUT2D eigenvalue weighted by Gasteiger charge is 2.35. The van der Waals surface area contributed by atoms with E-state index in [0.29, 0.717) is 29.2 Å². The topological polar surface area (TPSA) is 81.1 Å². The zero-order valence-electron chi connectivity index (χ0n) is 14.9. The Bertz CT molecular complexity index is 1120. The highest BCUT2D eigenvalue weighted by molar-refractivity contribution is 7.91. The summed E-state index contributed by atoms with van der Waals surface area (Å²) in [6, 6.07) is 16.7. The predicted octanol–water partition coefficient (Wildman–Crippen LogP) is 2.96. The van der Waals surface area contributed by atoms with Crippen LogP contribution in [0.2, 0.25) is 5.02 Å². The molecular formula is C20H18ClN3O3S. The first-order valence-corrected chi connectivity index (χ1v) is 10.9. The van der Waals surface area contributed by atoms with E-state index in [0.717, 1.165) is 5.56 Å². The number of rotatable bonds is 5. The summed E-state index contributed by atoms with van der Waals surface area (Å²) in [5.74, 6) is -0.378. The summed E-state index contributed by atoms with van der Waals surface area (Å²) < 4.78 is 26.1. The fourth-order valence-electron chi connectivity index (χ4n) is 3.27. The Morgan fingerprint density at radius 1 is 1.11 bits per heavy atom. The second kappa shape index (κ2) is 7.41. The third-order valence-electron chi connectivity index (χ3n) is 4.67. The fourth-order valence-corrected chi connectivity index (χ4v) is 4.75. The number of aromatic nitrogens is 2. The number of nitrogens with one attached hydrogen (secondary N) is 1. The smallest absolute Gasteiger partial charge is 0.270 e. The number of carbonyl (C=O) groups is 1. The van der Waals surface area contributed by atoms with Gasteiger partial charge in [0.15, 0.2) is 0 Å². The van der Waals surface area contributed by atoms with Crippen molar-refractivity contribution in [1.29, 1.82) is 0 Å². The van der Waals surface area contributed by atoms with Crippen molar-refractivity contribution in [3.05, 3.63) is 70.9 Å². The first-order valence-electron chi connectivity index (χ1n) is 8.87. The molecule has 0 saturated carbocycles. The molecule has 1 aliphatic rings. The maximum Gasteiger partial charge on any atom is 0.270 e. The molecule has 1 aromatic heterocycles. The molecular weight excluding hydrogens is 398 g/mol. The second-order valence-electron chi connectivity index (χ2n) is 6.56. The maximum atomic E-state index is 12.9. The van der Waals surface area contributed by atoms with Crippen LogP contribution in [0.25, 0.3) is 11.3 Å². The van der Waals surface area contributed by atoms with Crippen LogP contribution >= 0.6 is 11.6 Å². The predicted molar refractivity (Wildman–Crippen MR) is 107 cm³/mol. The largest absolute Gasteiger partial charge is 0.350 e. The normalized spacial score (nSPS) is 14.6. The van der Waals surface area contributed by atoms with E-state index in [-0.39, 0.29) is 29.1 Å². The summed E-state index contributed by atoms with van der Waals surface area (Å²) in [5, 5.41) is 3.39. The maximum absolute atomic E-state index is 12.9. The van der Waals surface area contributed by atoms with Crippen molar-refractivity contribution in [2.24, 2.45) is 0 Å². The zero-order chi connectivity index (χ0) is 19.7. The molecule has 0 aliphatic carbocycles. The third kappa shape index (κ3) is 3.55. The van der Waals surface area contributed by atoms with E-state index >= 15 is 0 Å². The van der Waals surface area contributed by atoms with Gasteiger partial charge in [-0.3, -0.25) is 4.79 Å². The second-order valence-corrected chi connectivity index (χ2v) is 9.00. The molecule has 144 valence electrons. The molecule has 0 saturated heterocycles. The molecule has 0 fully saturated rings. The number of benzene rings is 2. The lowest BCUT2D eigenvalue weighted by Gasteiger charge is -2.09. The minimum atomic E-state index is -3.47. The minimum Gasteiger partial charge on any atom is -0.350 e. The van der Waals surface area contributed by atoms with E-state index in [9.17, 15) is 13.2 Å². The molecule has 0 unspecified atom stereocenters. The SMILES string of the molecule is O=C(NCCc1ccccc1)c1c(-c2ccc(Cl)cc2)nc2n1CCS2(=O)=O. The van der Waals surface area contributed by atoms with Crippen LogP contribution in [-0.4, -0.2) is 36.2 Å². The molecule has 0 bridgehead atoms. The number of imidazole rings is 1. The lowest BCUT2D eigenvalue weighted by atomic mass is 10.1. The molecule has 0 atom stereocenters. The Kier molecular flexibility index (Phi) is 4.95. The van der Waals surface area contributed by atoms with Gasteiger partial charge in [0, 0.05) is 23.7 Å². The van der Waals surface area contributed by atoms with Crippen molar-refractivity contribution >= 4 is 27.3 Å². The van der Waals surface area contributed by atoms with Crippen molar-refractivity contribution in [2.45, 2.75) is 18.1 Å². The first kappa shape index (κ1) is 18.7. The quantitative estimate of drug-likeness (QED) is 0.694. The molecule has 4 rings (SSSR count). The van der Waals surface area contributed by atoms with Gasteiger partial charge in [0.25, 0.3) is 5.91 Å². The standard InChI is InChI=1S/C20H18ClN3O3S/c21-16-8-6-15(7-9-16)17-18(24-12-13-28(26,27)20(24)23-17)19(25)22-11-10-14-4-2-1-3-5-14/h1-9H,10-13H2,(H,22,25). The molecule has 1 N–H and O–H groups in total. The highest BCUT2D eigenvalue weighted by Crippen LogP contribution is 2.30. The minimum absolute atomic E-state index is 0.0411. The number of amides is 1. The van der Waals surface area contributed by atoms with Gasteiger partial charge < -0.3 is 9.88 Å². The Morgan fingerprint density at radius 2 is 1.82 bits per heavy atom. The van der Waals surface area contributed by atoms with Crippen LogP contribution in [-0.2, 0) is 22.8 Å². The average Bonchev–Trinajstić information content (AvgIpc) is 3.21. The Hall–Kier alpha value is -2.64. The third-order valence-corrected chi connectivity index (χ3v) is 6.51. The van der Waals surface area contributed by atoms with Gasteiger partial charge in [0.2, 0.25) is 15.0 Å². The van der Waals surface area contributed by atoms with Gasteiger partial charge in [-0.25, -0.2) is 13.4 Å². The van der Waals surface area contributed by atoms with Gasteiger partial charge in [-0.2, -0.15) is 0 Å². The van der Waals surface area contributed by atoms with Gasteiger partial charge in [-0.05, 0) is 24.1 Å². The summed E-state index contributed by atoms with van der Waals surface area (Å²) in [7, 11) is -3.47. The number of fused-ring (bicyclic) bond motifs is 1. The molecule has 6 nitrogen and oxygen atoms in total. The van der Waals surface area contributed by atoms with E-state index in [4.69, 9.17) is 11.6 Å². The first-order chi connectivity index (χ1) is 13.5. The van der Waals surface area contributed by atoms with Gasteiger partial charge in [-0.1, -0.05) is 54.1 Å². The van der Waals surface area contributed by atoms with Gasteiger partial charge in [0.1, 0.15) is 11.4 Å². The van der Waals surface area contributed by atoms with Crippen LogP contribution < -0.4 is 5.32 Å². The number of sulfone groups is 1. The molecule has 0 radical (unpaired) electrons. The lowest BCUT2D eigenvalue weighted by Crippen LogP contribution is -2.28. The molecule has 8 heteroatoms. The zero-order valence-corrected chi connectivity index (χ0v) is 16.5. The molecule has 1 aliphatic heterocycles. The highest BCUT2D eigenvalue weighted by atomic mass is 35.5. The van der Waals surface area contributed by atoms with Crippen LogP contribution in [0.3, 0.4) is 0 Å². The van der Waals surface area contributed by atoms with Crippen molar-refractivity contribution < 1.29 is 13.2 Å². The van der Waals surface area contributed by atoms with Crippen LogP contribution in [0.4, 0.5) is 0 Å². The summed E-state index contributed by atoms with van der Waals surface area (Å²) in [4.78, 5) is 17.2. The van der Waals surface area contributed by atoms with Crippen LogP contribution in [0.15, 0.2) is 59.8 Å². The monoisotopic (exact) mass is 415 g/mol. The molecule has 2 heterocycles. The number of carbonyl (C=O) groups excluding carboxylic acids is 1. The van der Waals surface area contributed by atoms with Gasteiger partial charge >= 0.3 is 0 Å². The van der Waals surface area contributed by atoms with E-state index in [2.05, 4.69) is 10.3 Å². The van der Waals surface area contributed by atoms with Gasteiger partial charge in [-0.15, -0.1) is 0 Å². The molecule has 28 heavy (non-hydrogen) atoms. The summed E-state index contributed by atoms with van der Waals surface area (Å²) >= 11 is 5.95. The Labute approximate surface area is 168 Å². The molecule has 3 aromatic rings.